The molecule has 260 valence electrons. The predicted octanol–water partition coefficient (Wildman–Crippen LogP) is 9.66. The Morgan fingerprint density at radius 3 is 1.36 bits per heavy atom. The summed E-state index contributed by atoms with van der Waals surface area (Å²) in [5.41, 5.74) is 0. The Hall–Kier alpha value is -1.66. The van der Waals surface area contributed by atoms with Crippen LogP contribution < -0.4 is 10.6 Å². The van der Waals surface area contributed by atoms with E-state index < -0.39 is 0 Å². The summed E-state index contributed by atoms with van der Waals surface area (Å²) in [4.78, 5) is 24.1. The number of ether oxygens (including phenoxy) is 2. The molecule has 2 rings (SSSR count). The minimum Gasteiger partial charge on any atom is -0.369 e. The second kappa shape index (κ2) is 27.5. The fraction of sp³-hybridized carbons (Fsp3) is 0.846. The average Bonchev–Trinajstić information content (AvgIpc) is 3.96. The first-order valence-electron chi connectivity index (χ1n) is 19.3. The highest BCUT2D eigenvalue weighted by Gasteiger charge is 2.37. The number of carbonyl (C=O) groups is 2. The second-order valence-corrected chi connectivity index (χ2v) is 13.5. The molecule has 2 N–H and O–H groups in total. The van der Waals surface area contributed by atoms with E-state index in [9.17, 15) is 9.59 Å². The number of hydrogen-bond acceptors (Lipinski definition) is 4. The van der Waals surface area contributed by atoms with E-state index in [2.05, 4.69) is 48.8 Å². The summed E-state index contributed by atoms with van der Waals surface area (Å²) < 4.78 is 11.5. The molecule has 0 aliphatic carbocycles. The summed E-state index contributed by atoms with van der Waals surface area (Å²) in [5, 5.41) is 5.99. The van der Waals surface area contributed by atoms with E-state index in [-0.39, 0.29) is 11.8 Å². The van der Waals surface area contributed by atoms with E-state index in [0.717, 1.165) is 57.8 Å². The van der Waals surface area contributed by atoms with Crippen LogP contribution in [0.3, 0.4) is 0 Å². The molecule has 0 saturated carbocycles. The molecular formula is C39H70N2O4. The van der Waals surface area contributed by atoms with Gasteiger partial charge in [-0.2, -0.15) is 0 Å². The number of unbranched alkanes of at least 4 members (excludes halogenated alkanes) is 14. The number of allylic oxidation sites excluding steroid dienone is 2. The van der Waals surface area contributed by atoms with Crippen molar-refractivity contribution in [2.75, 3.05) is 13.1 Å². The molecule has 2 aliphatic heterocycles. The van der Waals surface area contributed by atoms with Crippen LogP contribution in [0.25, 0.3) is 0 Å². The largest absolute Gasteiger partial charge is 0.369 e. The van der Waals surface area contributed by atoms with E-state index in [1.807, 2.05) is 0 Å². The maximum Gasteiger partial charge on any atom is 0.219 e. The highest BCUT2D eigenvalue weighted by atomic mass is 16.6. The van der Waals surface area contributed by atoms with Gasteiger partial charge in [-0.3, -0.25) is 9.59 Å². The molecule has 6 heteroatoms. The number of carbonyl (C=O) groups excluding carboxylic acids is 2. The van der Waals surface area contributed by atoms with Gasteiger partial charge in [-0.25, -0.2) is 0 Å². The Morgan fingerprint density at radius 1 is 0.489 bits per heavy atom. The van der Waals surface area contributed by atoms with Crippen LogP contribution in [-0.4, -0.2) is 49.3 Å². The fourth-order valence-corrected chi connectivity index (χ4v) is 6.05. The third-order valence-electron chi connectivity index (χ3n) is 9.18. The van der Waals surface area contributed by atoms with Gasteiger partial charge in [-0.05, 0) is 70.6 Å². The molecule has 0 spiro atoms. The number of epoxide rings is 2. The first-order valence-corrected chi connectivity index (χ1v) is 19.3. The first kappa shape index (κ1) is 39.5. The highest BCUT2D eigenvalue weighted by Crippen LogP contribution is 2.31. The standard InChI is InChI=1S/C39H70N2O4/c1-3-5-19-26-34-36(44-34)28-21-15-11-7-9-13-17-23-30-38(42)40-32-25-33-41-39(43)31-24-18-14-10-8-12-16-22-29-37-35(45-37)27-20-6-4-2/h15-16,21-22,34-37H,3-14,17-20,23-33H2,1-2H3,(H,40,42)(H,41,43). The van der Waals surface area contributed by atoms with Crippen LogP contribution in [0.5, 0.6) is 0 Å². The molecule has 0 radical (unpaired) electrons. The zero-order chi connectivity index (χ0) is 32.2. The van der Waals surface area contributed by atoms with Gasteiger partial charge in [-0.15, -0.1) is 0 Å². The Balaban J connectivity index is 1.24. The molecule has 2 aliphatic rings. The Labute approximate surface area is 277 Å². The third kappa shape index (κ3) is 23.3. The van der Waals surface area contributed by atoms with Crippen molar-refractivity contribution in [1.82, 2.24) is 10.6 Å². The lowest BCUT2D eigenvalue weighted by Crippen LogP contribution is -2.29. The number of hydrogen-bond donors (Lipinski definition) is 2. The summed E-state index contributed by atoms with van der Waals surface area (Å²) in [5.74, 6) is 0.275. The van der Waals surface area contributed by atoms with E-state index in [1.54, 1.807) is 0 Å². The van der Waals surface area contributed by atoms with Gasteiger partial charge >= 0.3 is 0 Å². The predicted molar refractivity (Wildman–Crippen MR) is 188 cm³/mol. The number of amides is 2. The quantitative estimate of drug-likeness (QED) is 0.0440. The lowest BCUT2D eigenvalue weighted by molar-refractivity contribution is -0.121. The van der Waals surface area contributed by atoms with Crippen LogP contribution in [0.4, 0.5) is 0 Å². The van der Waals surface area contributed by atoms with Gasteiger partial charge in [0.05, 0.1) is 24.4 Å². The molecule has 2 amide bonds. The van der Waals surface area contributed by atoms with Crippen molar-refractivity contribution in [2.24, 2.45) is 0 Å². The van der Waals surface area contributed by atoms with Crippen molar-refractivity contribution in [3.8, 4) is 0 Å². The minimum absolute atomic E-state index is 0.137. The van der Waals surface area contributed by atoms with Crippen LogP contribution in [0.2, 0.25) is 0 Å². The highest BCUT2D eigenvalue weighted by molar-refractivity contribution is 5.76. The Bertz CT molecular complexity index is 734. The monoisotopic (exact) mass is 631 g/mol. The summed E-state index contributed by atoms with van der Waals surface area (Å²) in [6.45, 7) is 5.77. The van der Waals surface area contributed by atoms with Crippen LogP contribution in [0, 0.1) is 0 Å². The summed E-state index contributed by atoms with van der Waals surface area (Å²) in [6.07, 6.45) is 39.5. The fourth-order valence-electron chi connectivity index (χ4n) is 6.05. The minimum atomic E-state index is 0.137. The SMILES string of the molecule is CCCCCC1OC1CC=CCCCCCCCC(=O)NCCCNC(=O)CCCCCCCC=CCC1OC1CCCCC. The van der Waals surface area contributed by atoms with Crippen molar-refractivity contribution in [2.45, 2.75) is 199 Å². The van der Waals surface area contributed by atoms with Gasteiger partial charge in [0.1, 0.15) is 0 Å². The van der Waals surface area contributed by atoms with Crippen molar-refractivity contribution in [3.63, 3.8) is 0 Å². The average molecular weight is 631 g/mol. The van der Waals surface area contributed by atoms with Crippen LogP contribution in [0.1, 0.15) is 174 Å². The molecule has 2 saturated heterocycles. The molecule has 0 aromatic carbocycles. The molecule has 0 bridgehead atoms. The molecule has 4 unspecified atom stereocenters. The first-order chi connectivity index (χ1) is 22.1. The zero-order valence-electron chi connectivity index (χ0n) is 29.3. The molecule has 0 aromatic heterocycles. The molecule has 2 fully saturated rings. The van der Waals surface area contributed by atoms with Gasteiger partial charge in [-0.1, -0.05) is 115 Å². The third-order valence-corrected chi connectivity index (χ3v) is 9.18. The van der Waals surface area contributed by atoms with E-state index in [0.29, 0.717) is 50.3 Å². The molecule has 0 aromatic rings. The summed E-state index contributed by atoms with van der Waals surface area (Å²) in [7, 11) is 0. The van der Waals surface area contributed by atoms with E-state index in [4.69, 9.17) is 9.47 Å². The van der Waals surface area contributed by atoms with Crippen LogP contribution >= 0.6 is 0 Å². The summed E-state index contributed by atoms with van der Waals surface area (Å²) in [6, 6.07) is 0. The van der Waals surface area contributed by atoms with E-state index >= 15 is 0 Å². The van der Waals surface area contributed by atoms with Gasteiger partial charge in [0.25, 0.3) is 0 Å². The van der Waals surface area contributed by atoms with Crippen LogP contribution in [0.15, 0.2) is 24.3 Å². The molecule has 4 atom stereocenters. The van der Waals surface area contributed by atoms with Crippen molar-refractivity contribution in [1.29, 1.82) is 0 Å². The van der Waals surface area contributed by atoms with Crippen molar-refractivity contribution >= 4 is 11.8 Å². The van der Waals surface area contributed by atoms with Crippen molar-refractivity contribution < 1.29 is 19.1 Å². The maximum atomic E-state index is 12.1. The van der Waals surface area contributed by atoms with Gasteiger partial charge in [0, 0.05) is 25.9 Å². The number of rotatable bonds is 32. The molecule has 6 nitrogen and oxygen atoms in total. The Morgan fingerprint density at radius 2 is 0.911 bits per heavy atom. The van der Waals surface area contributed by atoms with E-state index in [1.165, 1.54) is 89.9 Å². The lowest BCUT2D eigenvalue weighted by atomic mass is 10.1. The molecule has 2 heterocycles. The zero-order valence-corrected chi connectivity index (χ0v) is 29.3. The molecule has 45 heavy (non-hydrogen) atoms. The maximum absolute atomic E-state index is 12.1. The second-order valence-electron chi connectivity index (χ2n) is 13.5. The van der Waals surface area contributed by atoms with Crippen LogP contribution in [-0.2, 0) is 19.1 Å². The van der Waals surface area contributed by atoms with Gasteiger partial charge in [0.2, 0.25) is 11.8 Å². The lowest BCUT2D eigenvalue weighted by Gasteiger charge is -2.07. The normalized spacial score (nSPS) is 20.7. The van der Waals surface area contributed by atoms with Gasteiger partial charge < -0.3 is 20.1 Å². The molecular weight excluding hydrogens is 560 g/mol. The smallest absolute Gasteiger partial charge is 0.219 e. The topological polar surface area (TPSA) is 83.3 Å². The van der Waals surface area contributed by atoms with Crippen molar-refractivity contribution in [3.05, 3.63) is 24.3 Å². The summed E-state index contributed by atoms with van der Waals surface area (Å²) >= 11 is 0. The Kier molecular flexibility index (Phi) is 24.1. The number of nitrogens with one attached hydrogen (secondary N) is 2. The van der Waals surface area contributed by atoms with Gasteiger partial charge in [0.15, 0.2) is 0 Å².